The molecule has 0 spiro atoms. The molecule has 0 aromatic heterocycles. The van der Waals surface area contributed by atoms with E-state index >= 15 is 0 Å². The molecule has 1 aromatic carbocycles. The van der Waals surface area contributed by atoms with Crippen molar-refractivity contribution in [2.75, 3.05) is 39.5 Å². The van der Waals surface area contributed by atoms with Crippen molar-refractivity contribution in [2.45, 2.75) is 0 Å². The van der Waals surface area contributed by atoms with Gasteiger partial charge in [-0.1, -0.05) is 0 Å². The van der Waals surface area contributed by atoms with Gasteiger partial charge in [0.25, 0.3) is 5.91 Å². The molecule has 0 aliphatic carbocycles. The van der Waals surface area contributed by atoms with E-state index in [-0.39, 0.29) is 35.9 Å². The molecule has 1 N–H and O–H groups in total. The Morgan fingerprint density at radius 1 is 1.20 bits per heavy atom. The number of benzene rings is 1. The lowest BCUT2D eigenvalue weighted by molar-refractivity contribution is -0.140. The number of hydrogen-bond acceptors (Lipinski definition) is 7. The maximum atomic E-state index is 14.5. The Bertz CT molecular complexity index is 746. The summed E-state index contributed by atoms with van der Waals surface area (Å²) < 4.78 is 29.1. The van der Waals surface area contributed by atoms with Gasteiger partial charge in [-0.3, -0.25) is 4.79 Å². The zero-order chi connectivity index (χ0) is 18.6. The predicted molar refractivity (Wildman–Crippen MR) is 84.1 cm³/mol. The molecule has 0 fully saturated rings. The topological polar surface area (TPSA) is 94.2 Å². The first kappa shape index (κ1) is 18.4. The fourth-order valence-corrected chi connectivity index (χ4v) is 2.35. The van der Waals surface area contributed by atoms with Gasteiger partial charge in [0.2, 0.25) is 0 Å². The van der Waals surface area contributed by atoms with Gasteiger partial charge in [0, 0.05) is 12.6 Å². The van der Waals surface area contributed by atoms with Gasteiger partial charge in [0.05, 0.1) is 32.1 Å². The maximum absolute atomic E-state index is 14.5. The predicted octanol–water partition coefficient (Wildman–Crippen LogP) is 0.579. The van der Waals surface area contributed by atoms with Crippen LogP contribution in [0.4, 0.5) is 10.1 Å². The number of esters is 2. The second kappa shape index (κ2) is 7.75. The van der Waals surface area contributed by atoms with Crippen molar-refractivity contribution in [2.24, 2.45) is 0 Å². The summed E-state index contributed by atoms with van der Waals surface area (Å²) in [6.45, 7) is -0.354. The van der Waals surface area contributed by atoms with Gasteiger partial charge in [0.1, 0.15) is 18.2 Å². The third-order valence-corrected chi connectivity index (χ3v) is 3.56. The Balaban J connectivity index is 2.54. The highest BCUT2D eigenvalue weighted by Crippen LogP contribution is 2.29. The Morgan fingerprint density at radius 3 is 2.44 bits per heavy atom. The molecular weight excluding hydrogens is 335 g/mol. The highest BCUT2D eigenvalue weighted by molar-refractivity contribution is 6.03. The smallest absolute Gasteiger partial charge is 0.355 e. The van der Waals surface area contributed by atoms with Gasteiger partial charge >= 0.3 is 11.9 Å². The van der Waals surface area contributed by atoms with Gasteiger partial charge in [-0.25, -0.2) is 14.0 Å². The van der Waals surface area contributed by atoms with Crippen molar-refractivity contribution in [3.63, 3.8) is 0 Å². The molecule has 134 valence electrons. The van der Waals surface area contributed by atoms with Crippen molar-refractivity contribution >= 4 is 23.5 Å². The number of carbonyl (C=O) groups excluding carboxylic acids is 3. The first-order valence-corrected chi connectivity index (χ1v) is 7.21. The van der Waals surface area contributed by atoms with Crippen LogP contribution in [-0.2, 0) is 23.8 Å². The van der Waals surface area contributed by atoms with Crippen LogP contribution in [0.3, 0.4) is 0 Å². The largest absolute Gasteiger partial charge is 0.466 e. The molecule has 0 atom stereocenters. The Labute approximate surface area is 143 Å². The van der Waals surface area contributed by atoms with Crippen LogP contribution in [0.5, 0.6) is 0 Å². The van der Waals surface area contributed by atoms with Crippen LogP contribution >= 0.6 is 0 Å². The van der Waals surface area contributed by atoms with Gasteiger partial charge in [-0.2, -0.15) is 0 Å². The van der Waals surface area contributed by atoms with E-state index in [1.54, 1.807) is 0 Å². The fraction of sp³-hybridized carbons (Fsp3) is 0.312. The summed E-state index contributed by atoms with van der Waals surface area (Å²) in [6.07, 6.45) is 0. The van der Waals surface area contributed by atoms with Crippen molar-refractivity contribution < 1.29 is 33.0 Å². The average molecular weight is 352 g/mol. The Kier molecular flexibility index (Phi) is 5.71. The second-order valence-corrected chi connectivity index (χ2v) is 4.96. The molecule has 2 rings (SSSR count). The summed E-state index contributed by atoms with van der Waals surface area (Å²) in [5.41, 5.74) is -0.199. The molecular formula is C16H17FN2O6. The molecule has 1 aliphatic heterocycles. The van der Waals surface area contributed by atoms with Gasteiger partial charge in [-0.05, 0) is 18.2 Å². The number of amides is 1. The van der Waals surface area contributed by atoms with E-state index in [2.05, 4.69) is 10.1 Å². The normalized spacial score (nSPS) is 14.2. The van der Waals surface area contributed by atoms with Gasteiger partial charge in [-0.15, -0.1) is 0 Å². The monoisotopic (exact) mass is 352 g/mol. The highest BCUT2D eigenvalue weighted by atomic mass is 19.1. The number of methoxy groups -OCH3 is 2. The molecule has 8 nitrogen and oxygen atoms in total. The van der Waals surface area contributed by atoms with E-state index in [0.717, 1.165) is 25.2 Å². The van der Waals surface area contributed by atoms with Crippen LogP contribution in [0.25, 0.3) is 0 Å². The molecule has 0 saturated carbocycles. The highest BCUT2D eigenvalue weighted by Gasteiger charge is 2.33. The van der Waals surface area contributed by atoms with Crippen LogP contribution in [0.1, 0.15) is 10.4 Å². The average Bonchev–Trinajstić information content (AvgIpc) is 2.65. The first-order valence-electron chi connectivity index (χ1n) is 7.21. The zero-order valence-electron chi connectivity index (χ0n) is 13.9. The number of ether oxygens (including phenoxy) is 3. The molecule has 0 unspecified atom stereocenters. The van der Waals surface area contributed by atoms with Crippen LogP contribution in [0.2, 0.25) is 0 Å². The summed E-state index contributed by atoms with van der Waals surface area (Å²) in [6, 6.07) is 3.72. The molecule has 9 heteroatoms. The van der Waals surface area contributed by atoms with Gasteiger partial charge < -0.3 is 24.4 Å². The number of carbonyl (C=O) groups is 3. The van der Waals surface area contributed by atoms with E-state index in [9.17, 15) is 18.8 Å². The van der Waals surface area contributed by atoms with Gasteiger partial charge in [0.15, 0.2) is 0 Å². The molecule has 1 heterocycles. The lowest BCUT2D eigenvalue weighted by Gasteiger charge is -2.31. The van der Waals surface area contributed by atoms with E-state index in [1.165, 1.54) is 19.2 Å². The SMILES string of the molecule is CNC(=O)c1ccc(N2COCC(C(=O)OC)=C2C(=O)OC)c(F)c1. The van der Waals surface area contributed by atoms with Crippen molar-refractivity contribution in [1.82, 2.24) is 5.32 Å². The van der Waals surface area contributed by atoms with Crippen LogP contribution in [0.15, 0.2) is 29.5 Å². The molecule has 0 radical (unpaired) electrons. The second-order valence-electron chi connectivity index (χ2n) is 4.96. The number of rotatable bonds is 4. The molecule has 25 heavy (non-hydrogen) atoms. The first-order chi connectivity index (χ1) is 11.9. The maximum Gasteiger partial charge on any atom is 0.355 e. The lowest BCUT2D eigenvalue weighted by atomic mass is 10.1. The molecule has 0 bridgehead atoms. The van der Waals surface area contributed by atoms with E-state index in [0.29, 0.717) is 0 Å². The third kappa shape index (κ3) is 3.61. The summed E-state index contributed by atoms with van der Waals surface area (Å²) in [4.78, 5) is 36.8. The number of halogens is 1. The molecule has 1 aromatic rings. The fourth-order valence-electron chi connectivity index (χ4n) is 2.35. The lowest BCUT2D eigenvalue weighted by Crippen LogP contribution is -2.39. The van der Waals surface area contributed by atoms with Crippen LogP contribution in [-0.4, -0.2) is 52.5 Å². The standard InChI is InChI=1S/C16H17FN2O6/c1-18-14(20)9-4-5-12(11(17)6-9)19-8-25-7-10(15(21)23-2)13(19)16(22)24-3/h4-6H,7-8H2,1-3H3,(H,18,20). The Hall–Kier alpha value is -2.94. The summed E-state index contributed by atoms with van der Waals surface area (Å²) in [5.74, 6) is -2.84. The Morgan fingerprint density at radius 2 is 1.88 bits per heavy atom. The molecule has 1 aliphatic rings. The quantitative estimate of drug-likeness (QED) is 0.792. The summed E-state index contributed by atoms with van der Waals surface area (Å²) >= 11 is 0. The summed E-state index contributed by atoms with van der Waals surface area (Å²) in [7, 11) is 3.72. The minimum atomic E-state index is -0.835. The molecule has 1 amide bonds. The van der Waals surface area contributed by atoms with Crippen molar-refractivity contribution in [3.05, 3.63) is 40.8 Å². The minimum Gasteiger partial charge on any atom is -0.466 e. The minimum absolute atomic E-state index is 0.0471. The number of hydrogen-bond donors (Lipinski definition) is 1. The third-order valence-electron chi connectivity index (χ3n) is 3.56. The van der Waals surface area contributed by atoms with E-state index in [4.69, 9.17) is 9.47 Å². The van der Waals surface area contributed by atoms with Crippen molar-refractivity contribution in [1.29, 1.82) is 0 Å². The molecule has 0 saturated heterocycles. The zero-order valence-corrected chi connectivity index (χ0v) is 13.9. The van der Waals surface area contributed by atoms with E-state index < -0.39 is 23.7 Å². The van der Waals surface area contributed by atoms with Crippen LogP contribution in [0, 0.1) is 5.82 Å². The number of anilines is 1. The number of nitrogens with zero attached hydrogens (tertiary/aromatic N) is 1. The van der Waals surface area contributed by atoms with E-state index in [1.807, 2.05) is 0 Å². The van der Waals surface area contributed by atoms with Crippen molar-refractivity contribution in [3.8, 4) is 0 Å². The van der Waals surface area contributed by atoms with Crippen LogP contribution < -0.4 is 10.2 Å². The number of nitrogens with one attached hydrogen (secondary N) is 1. The summed E-state index contributed by atoms with van der Waals surface area (Å²) in [5, 5.41) is 2.38.